The highest BCUT2D eigenvalue weighted by Gasteiger charge is 2.19. The predicted molar refractivity (Wildman–Crippen MR) is 79.9 cm³/mol. The molecule has 1 atom stereocenters. The number of halogens is 3. The van der Waals surface area contributed by atoms with Crippen molar-refractivity contribution in [1.82, 2.24) is 5.32 Å². The molecule has 2 aromatic rings. The Hall–Kier alpha value is -1.65. The van der Waals surface area contributed by atoms with Gasteiger partial charge in [-0.1, -0.05) is 30.7 Å². The first-order valence-corrected chi connectivity index (χ1v) is 6.96. The van der Waals surface area contributed by atoms with Gasteiger partial charge in [-0.25, -0.2) is 8.78 Å². The monoisotopic (exact) mass is 311 g/mol. The minimum atomic E-state index is -0.451. The van der Waals surface area contributed by atoms with E-state index in [9.17, 15) is 8.78 Å². The summed E-state index contributed by atoms with van der Waals surface area (Å²) >= 11 is 5.78. The van der Waals surface area contributed by atoms with Crippen LogP contribution in [0.25, 0.3) is 0 Å². The first-order chi connectivity index (χ1) is 10.1. The molecular weight excluding hydrogens is 296 g/mol. The van der Waals surface area contributed by atoms with E-state index >= 15 is 0 Å². The standard InChI is InChI=1S/C16H16ClF2NO/c1-3-20-16(12-6-5-11(17)9-14(12)19)10-4-7-13(18)15(8-10)21-2/h4-9,16,20H,3H2,1-2H3. The first-order valence-electron chi connectivity index (χ1n) is 6.58. The third kappa shape index (κ3) is 3.52. The molecule has 0 aromatic heterocycles. The number of benzene rings is 2. The summed E-state index contributed by atoms with van der Waals surface area (Å²) in [6, 6.07) is 8.61. The summed E-state index contributed by atoms with van der Waals surface area (Å²) in [5, 5.41) is 3.52. The molecule has 0 fully saturated rings. The Kier molecular flexibility index (Phi) is 5.15. The molecule has 5 heteroatoms. The van der Waals surface area contributed by atoms with Crippen LogP contribution >= 0.6 is 11.6 Å². The molecule has 1 N–H and O–H groups in total. The van der Waals surface area contributed by atoms with E-state index in [4.69, 9.17) is 16.3 Å². The van der Waals surface area contributed by atoms with Crippen LogP contribution in [0.4, 0.5) is 8.78 Å². The summed E-state index contributed by atoms with van der Waals surface area (Å²) in [4.78, 5) is 0. The maximum absolute atomic E-state index is 14.1. The molecule has 0 heterocycles. The third-order valence-electron chi connectivity index (χ3n) is 3.19. The number of nitrogens with one attached hydrogen (secondary N) is 1. The molecule has 0 radical (unpaired) electrons. The van der Waals surface area contributed by atoms with Crippen molar-refractivity contribution in [2.75, 3.05) is 13.7 Å². The van der Waals surface area contributed by atoms with Crippen LogP contribution in [0, 0.1) is 11.6 Å². The fourth-order valence-corrected chi connectivity index (χ4v) is 2.36. The van der Waals surface area contributed by atoms with E-state index < -0.39 is 17.7 Å². The van der Waals surface area contributed by atoms with Crippen molar-refractivity contribution >= 4 is 11.6 Å². The average Bonchev–Trinajstić information content (AvgIpc) is 2.46. The van der Waals surface area contributed by atoms with Crippen molar-refractivity contribution in [3.63, 3.8) is 0 Å². The largest absolute Gasteiger partial charge is 0.494 e. The Morgan fingerprint density at radius 2 is 1.90 bits per heavy atom. The topological polar surface area (TPSA) is 21.3 Å². The number of rotatable bonds is 5. The Labute approximate surface area is 127 Å². The van der Waals surface area contributed by atoms with Crippen LogP contribution in [0.5, 0.6) is 5.75 Å². The Morgan fingerprint density at radius 1 is 1.14 bits per heavy atom. The molecular formula is C16H16ClF2NO. The SMILES string of the molecule is CCNC(c1ccc(F)c(OC)c1)c1ccc(Cl)cc1F. The highest BCUT2D eigenvalue weighted by Crippen LogP contribution is 2.29. The molecule has 0 saturated heterocycles. The molecule has 1 unspecified atom stereocenters. The van der Waals surface area contributed by atoms with Gasteiger partial charge in [0.15, 0.2) is 11.6 Å². The van der Waals surface area contributed by atoms with Gasteiger partial charge in [0, 0.05) is 10.6 Å². The maximum atomic E-state index is 14.1. The zero-order valence-corrected chi connectivity index (χ0v) is 12.5. The molecule has 2 rings (SSSR count). The molecule has 2 aromatic carbocycles. The molecule has 0 aliphatic rings. The second kappa shape index (κ2) is 6.87. The molecule has 0 aliphatic heterocycles. The summed E-state index contributed by atoms with van der Waals surface area (Å²) in [6.07, 6.45) is 0. The molecule has 0 saturated carbocycles. The number of ether oxygens (including phenoxy) is 1. The highest BCUT2D eigenvalue weighted by molar-refractivity contribution is 6.30. The van der Waals surface area contributed by atoms with E-state index in [-0.39, 0.29) is 5.75 Å². The quantitative estimate of drug-likeness (QED) is 0.887. The summed E-state index contributed by atoms with van der Waals surface area (Å²) in [5.74, 6) is -0.727. The zero-order chi connectivity index (χ0) is 15.4. The minimum Gasteiger partial charge on any atom is -0.494 e. The van der Waals surface area contributed by atoms with Gasteiger partial charge in [0.25, 0.3) is 0 Å². The van der Waals surface area contributed by atoms with Crippen molar-refractivity contribution in [3.05, 3.63) is 64.2 Å². The molecule has 0 aliphatic carbocycles. The van der Waals surface area contributed by atoms with Gasteiger partial charge in [-0.3, -0.25) is 0 Å². The van der Waals surface area contributed by atoms with E-state index in [1.165, 1.54) is 19.2 Å². The van der Waals surface area contributed by atoms with Crippen molar-refractivity contribution in [3.8, 4) is 5.75 Å². The first kappa shape index (κ1) is 15.7. The van der Waals surface area contributed by atoms with E-state index in [2.05, 4.69) is 5.32 Å². The van der Waals surface area contributed by atoms with E-state index in [0.29, 0.717) is 17.1 Å². The van der Waals surface area contributed by atoms with Gasteiger partial charge in [-0.2, -0.15) is 0 Å². The minimum absolute atomic E-state index is 0.129. The van der Waals surface area contributed by atoms with Gasteiger partial charge in [-0.15, -0.1) is 0 Å². The lowest BCUT2D eigenvalue weighted by Gasteiger charge is -2.20. The Morgan fingerprint density at radius 3 is 2.52 bits per heavy atom. The molecule has 21 heavy (non-hydrogen) atoms. The molecule has 2 nitrogen and oxygen atoms in total. The lowest BCUT2D eigenvalue weighted by molar-refractivity contribution is 0.385. The Balaban J connectivity index is 2.47. The van der Waals surface area contributed by atoms with Crippen molar-refractivity contribution in [1.29, 1.82) is 0 Å². The van der Waals surface area contributed by atoms with E-state index in [0.717, 1.165) is 5.56 Å². The van der Waals surface area contributed by atoms with Crippen molar-refractivity contribution in [2.45, 2.75) is 13.0 Å². The normalized spacial score (nSPS) is 12.2. The van der Waals surface area contributed by atoms with Crippen LogP contribution in [0.15, 0.2) is 36.4 Å². The fourth-order valence-electron chi connectivity index (χ4n) is 2.20. The van der Waals surface area contributed by atoms with Crippen LogP contribution in [0.2, 0.25) is 5.02 Å². The van der Waals surface area contributed by atoms with Crippen molar-refractivity contribution in [2.24, 2.45) is 0 Å². The zero-order valence-electron chi connectivity index (χ0n) is 11.8. The summed E-state index contributed by atoms with van der Waals surface area (Å²) in [5.41, 5.74) is 1.17. The van der Waals surface area contributed by atoms with Gasteiger partial charge < -0.3 is 10.1 Å². The summed E-state index contributed by atoms with van der Waals surface area (Å²) in [6.45, 7) is 2.55. The smallest absolute Gasteiger partial charge is 0.165 e. The molecule has 0 bridgehead atoms. The van der Waals surface area contributed by atoms with Gasteiger partial charge in [0.05, 0.1) is 13.2 Å². The molecule has 0 amide bonds. The van der Waals surface area contributed by atoms with Crippen molar-refractivity contribution < 1.29 is 13.5 Å². The van der Waals surface area contributed by atoms with Crippen LogP contribution in [-0.4, -0.2) is 13.7 Å². The van der Waals surface area contributed by atoms with Crippen LogP contribution in [0.1, 0.15) is 24.1 Å². The number of hydrogen-bond acceptors (Lipinski definition) is 2. The van der Waals surface area contributed by atoms with Gasteiger partial charge in [0.1, 0.15) is 5.82 Å². The number of methoxy groups -OCH3 is 1. The summed E-state index contributed by atoms with van der Waals surface area (Å²) < 4.78 is 32.6. The third-order valence-corrected chi connectivity index (χ3v) is 3.43. The average molecular weight is 312 g/mol. The van der Waals surface area contributed by atoms with E-state index in [1.807, 2.05) is 6.92 Å². The van der Waals surface area contributed by atoms with Crippen LogP contribution in [0.3, 0.4) is 0 Å². The maximum Gasteiger partial charge on any atom is 0.165 e. The lowest BCUT2D eigenvalue weighted by Crippen LogP contribution is -2.23. The van der Waals surface area contributed by atoms with Gasteiger partial charge >= 0.3 is 0 Å². The van der Waals surface area contributed by atoms with Gasteiger partial charge in [-0.05, 0) is 36.4 Å². The van der Waals surface area contributed by atoms with E-state index in [1.54, 1.807) is 24.3 Å². The number of hydrogen-bond donors (Lipinski definition) is 1. The molecule has 0 spiro atoms. The van der Waals surface area contributed by atoms with Crippen LogP contribution in [-0.2, 0) is 0 Å². The fraction of sp³-hybridized carbons (Fsp3) is 0.250. The van der Waals surface area contributed by atoms with Gasteiger partial charge in [0.2, 0.25) is 0 Å². The lowest BCUT2D eigenvalue weighted by atomic mass is 9.97. The second-order valence-corrected chi connectivity index (χ2v) is 4.99. The second-order valence-electron chi connectivity index (χ2n) is 4.55. The Bertz CT molecular complexity index is 634. The predicted octanol–water partition coefficient (Wildman–Crippen LogP) is 4.33. The molecule has 112 valence electrons. The van der Waals surface area contributed by atoms with Crippen LogP contribution < -0.4 is 10.1 Å². The highest BCUT2D eigenvalue weighted by atomic mass is 35.5. The summed E-state index contributed by atoms with van der Waals surface area (Å²) in [7, 11) is 1.40.